The molecule has 0 heteroatoms. The van der Waals surface area contributed by atoms with E-state index in [0.717, 1.165) is 0 Å². The summed E-state index contributed by atoms with van der Waals surface area (Å²) in [5, 5.41) is 0. The maximum Gasteiger partial charge on any atom is 0.00928 e. The normalized spacial score (nSPS) is 20.1. The lowest BCUT2D eigenvalue weighted by Gasteiger charge is -2.51. The van der Waals surface area contributed by atoms with Gasteiger partial charge in [0, 0.05) is 11.8 Å². The Labute approximate surface area is 240 Å². The Morgan fingerprint density at radius 2 is 0.975 bits per heavy atom. The molecule has 0 amide bonds. The van der Waals surface area contributed by atoms with Gasteiger partial charge in [-0.1, -0.05) is 143 Å². The minimum Gasteiger partial charge on any atom is -0.0758 e. The molecule has 4 aromatic rings. The van der Waals surface area contributed by atoms with E-state index in [1.165, 1.54) is 74.9 Å². The molecule has 0 aromatic heterocycles. The second kappa shape index (κ2) is 9.77. The van der Waals surface area contributed by atoms with Crippen molar-refractivity contribution >= 4 is 12.2 Å². The van der Waals surface area contributed by atoms with Crippen molar-refractivity contribution < 1.29 is 0 Å². The molecular formula is C40H40. The van der Waals surface area contributed by atoms with Gasteiger partial charge in [-0.3, -0.25) is 0 Å². The van der Waals surface area contributed by atoms with Crippen LogP contribution in [0.5, 0.6) is 0 Å². The van der Waals surface area contributed by atoms with Crippen LogP contribution in [0, 0.1) is 5.41 Å². The van der Waals surface area contributed by atoms with E-state index in [1.54, 1.807) is 0 Å². The van der Waals surface area contributed by atoms with E-state index in [4.69, 9.17) is 0 Å². The van der Waals surface area contributed by atoms with Crippen molar-refractivity contribution in [1.29, 1.82) is 0 Å². The molecule has 0 heterocycles. The Bertz CT molecular complexity index is 1490. The van der Waals surface area contributed by atoms with Crippen molar-refractivity contribution in [2.75, 3.05) is 0 Å². The second-order valence-corrected chi connectivity index (χ2v) is 12.9. The number of hydrogen-bond donors (Lipinski definition) is 0. The summed E-state index contributed by atoms with van der Waals surface area (Å²) in [4.78, 5) is 0. The van der Waals surface area contributed by atoms with Gasteiger partial charge in [0.25, 0.3) is 0 Å². The molecule has 0 radical (unpaired) electrons. The van der Waals surface area contributed by atoms with Crippen LogP contribution in [0.3, 0.4) is 0 Å². The predicted molar refractivity (Wildman–Crippen MR) is 172 cm³/mol. The molecule has 0 N–H and O–H groups in total. The minimum absolute atomic E-state index is 0.254. The van der Waals surface area contributed by atoms with Gasteiger partial charge in [-0.15, -0.1) is 0 Å². The van der Waals surface area contributed by atoms with Gasteiger partial charge in [-0.2, -0.15) is 0 Å². The third-order valence-corrected chi connectivity index (χ3v) is 10.2. The molecule has 200 valence electrons. The Morgan fingerprint density at radius 1 is 0.550 bits per heavy atom. The van der Waals surface area contributed by atoms with E-state index >= 15 is 0 Å². The predicted octanol–water partition coefficient (Wildman–Crippen LogP) is 11.4. The lowest BCUT2D eigenvalue weighted by Crippen LogP contribution is -2.39. The first-order chi connectivity index (χ1) is 19.5. The van der Waals surface area contributed by atoms with Crippen LogP contribution < -0.4 is 0 Å². The summed E-state index contributed by atoms with van der Waals surface area (Å²) >= 11 is 0. The monoisotopic (exact) mass is 520 g/mol. The van der Waals surface area contributed by atoms with E-state index in [-0.39, 0.29) is 5.41 Å². The highest BCUT2D eigenvalue weighted by molar-refractivity contribution is 5.83. The smallest absolute Gasteiger partial charge is 0.00928 e. The molecule has 1 fully saturated rings. The van der Waals surface area contributed by atoms with Gasteiger partial charge < -0.3 is 0 Å². The van der Waals surface area contributed by atoms with Gasteiger partial charge in [0.2, 0.25) is 0 Å². The van der Waals surface area contributed by atoms with E-state index < -0.39 is 0 Å². The molecule has 2 unspecified atom stereocenters. The topological polar surface area (TPSA) is 0 Å². The lowest BCUT2D eigenvalue weighted by molar-refractivity contribution is 0.0937. The van der Waals surface area contributed by atoms with Crippen LogP contribution in [0.2, 0.25) is 0 Å². The van der Waals surface area contributed by atoms with E-state index in [0.29, 0.717) is 23.7 Å². The Kier molecular flexibility index (Phi) is 6.19. The van der Waals surface area contributed by atoms with Crippen LogP contribution >= 0.6 is 0 Å². The zero-order valence-electron chi connectivity index (χ0n) is 24.3. The number of hydrogen-bond acceptors (Lipinski definition) is 0. The van der Waals surface area contributed by atoms with Crippen LogP contribution in [0.1, 0.15) is 104 Å². The number of fused-ring (bicyclic) bond motifs is 2. The number of benzene rings is 4. The molecule has 0 saturated heterocycles. The lowest BCUT2D eigenvalue weighted by atomic mass is 9.53. The van der Waals surface area contributed by atoms with Crippen molar-refractivity contribution in [3.63, 3.8) is 0 Å². The number of rotatable bonds is 6. The van der Waals surface area contributed by atoms with Crippen LogP contribution in [-0.2, 0) is 0 Å². The molecule has 0 spiro atoms. The van der Waals surface area contributed by atoms with Gasteiger partial charge in [0.15, 0.2) is 0 Å². The largest absolute Gasteiger partial charge is 0.0758 e. The van der Waals surface area contributed by atoms with Crippen LogP contribution in [0.15, 0.2) is 97.1 Å². The summed E-state index contributed by atoms with van der Waals surface area (Å²) in [7, 11) is 0. The summed E-state index contributed by atoms with van der Waals surface area (Å²) in [5.74, 6) is 2.03. The fraction of sp³-hybridized carbons (Fsp3) is 0.300. The van der Waals surface area contributed by atoms with Crippen LogP contribution in [-0.4, -0.2) is 0 Å². The third-order valence-electron chi connectivity index (χ3n) is 10.2. The average molecular weight is 521 g/mol. The fourth-order valence-corrected chi connectivity index (χ4v) is 7.67. The summed E-state index contributed by atoms with van der Waals surface area (Å²) in [6.45, 7) is 9.06. The average Bonchev–Trinajstić information content (AvgIpc) is 3.58. The molecule has 0 bridgehead atoms. The van der Waals surface area contributed by atoms with E-state index in [9.17, 15) is 0 Å². The van der Waals surface area contributed by atoms with Crippen LogP contribution in [0.25, 0.3) is 34.4 Å². The Balaban J connectivity index is 1.24. The van der Waals surface area contributed by atoms with Crippen molar-refractivity contribution in [2.24, 2.45) is 5.41 Å². The summed E-state index contributed by atoms with van der Waals surface area (Å²) in [6.07, 6.45) is 13.8. The number of allylic oxidation sites excluding steroid dienone is 2. The molecule has 40 heavy (non-hydrogen) atoms. The fourth-order valence-electron chi connectivity index (χ4n) is 7.67. The second-order valence-electron chi connectivity index (χ2n) is 12.9. The highest BCUT2D eigenvalue weighted by atomic mass is 14.5. The first kappa shape index (κ1) is 25.3. The van der Waals surface area contributed by atoms with Crippen LogP contribution in [0.4, 0.5) is 0 Å². The highest BCUT2D eigenvalue weighted by Gasteiger charge is 2.51. The summed E-state index contributed by atoms with van der Waals surface area (Å²) in [5.41, 5.74) is 14.4. The van der Waals surface area contributed by atoms with E-state index in [2.05, 4.69) is 137 Å². The van der Waals surface area contributed by atoms with Crippen molar-refractivity contribution in [1.82, 2.24) is 0 Å². The zero-order valence-corrected chi connectivity index (χ0v) is 24.3. The van der Waals surface area contributed by atoms with Gasteiger partial charge in [-0.25, -0.2) is 0 Å². The minimum atomic E-state index is 0.254. The van der Waals surface area contributed by atoms with Gasteiger partial charge in [0.1, 0.15) is 0 Å². The molecule has 0 nitrogen and oxygen atoms in total. The molecular weight excluding hydrogens is 480 g/mol. The Morgan fingerprint density at radius 3 is 1.32 bits per heavy atom. The highest BCUT2D eigenvalue weighted by Crippen LogP contribution is 2.64. The third kappa shape index (κ3) is 3.95. The molecule has 3 aliphatic carbocycles. The van der Waals surface area contributed by atoms with Gasteiger partial charge in [-0.05, 0) is 85.7 Å². The van der Waals surface area contributed by atoms with E-state index in [1.807, 2.05) is 0 Å². The summed E-state index contributed by atoms with van der Waals surface area (Å²) < 4.78 is 0. The maximum absolute atomic E-state index is 2.54. The molecule has 3 aliphatic rings. The summed E-state index contributed by atoms with van der Waals surface area (Å²) in [6, 6.07) is 32.5. The standard InChI is InChI=1S/C40H40/c1-26(2)28-12-16-30(17-13-28)32-8-5-10-36-34(32)20-22-38(36)40(24-7-25-40)39-23-21-35-33(9-6-11-37(35)39)31-18-14-29(15-19-31)27(3)4/h5-6,8-23,26-27,38-39H,7,24-25H2,1-4H3. The Hall–Kier alpha value is -3.64. The van der Waals surface area contributed by atoms with Crippen molar-refractivity contribution in [2.45, 2.75) is 70.6 Å². The molecule has 4 aromatic carbocycles. The first-order valence-corrected chi connectivity index (χ1v) is 15.3. The maximum atomic E-state index is 2.54. The molecule has 7 rings (SSSR count). The van der Waals surface area contributed by atoms with Crippen molar-refractivity contribution in [3.8, 4) is 22.3 Å². The quantitative estimate of drug-likeness (QED) is 0.237. The van der Waals surface area contributed by atoms with Gasteiger partial charge in [0.05, 0.1) is 0 Å². The van der Waals surface area contributed by atoms with Gasteiger partial charge >= 0.3 is 0 Å². The molecule has 2 atom stereocenters. The first-order valence-electron chi connectivity index (χ1n) is 15.3. The molecule has 0 aliphatic heterocycles. The molecule has 1 saturated carbocycles. The van der Waals surface area contributed by atoms with Crippen molar-refractivity contribution in [3.05, 3.63) is 130 Å². The zero-order chi connectivity index (χ0) is 27.4. The SMILES string of the molecule is CC(C)c1ccc(-c2cccc3c2C=CC3C2(C3C=Cc4c(-c5ccc(C(C)C)cc5)cccc43)CCC2)cc1.